The Morgan fingerprint density at radius 3 is 2.77 bits per heavy atom. The summed E-state index contributed by atoms with van der Waals surface area (Å²) in [7, 11) is 1.65. The Balaban J connectivity index is 1.98. The molecule has 2 rings (SSSR count). The number of ether oxygens (including phenoxy) is 1. The number of methoxy groups -OCH3 is 1. The number of rotatable bonds is 7. The second kappa shape index (κ2) is 7.70. The molecule has 0 atom stereocenters. The van der Waals surface area contributed by atoms with Gasteiger partial charge in [0.05, 0.1) is 12.0 Å². The van der Waals surface area contributed by atoms with E-state index in [0.717, 1.165) is 37.7 Å². The molecule has 122 valence electrons. The van der Waals surface area contributed by atoms with Gasteiger partial charge in [0.25, 0.3) is 0 Å². The van der Waals surface area contributed by atoms with Crippen LogP contribution in [0.25, 0.3) is 0 Å². The topological polar surface area (TPSA) is 58.6 Å². The van der Waals surface area contributed by atoms with Crippen molar-refractivity contribution in [1.29, 1.82) is 0 Å². The van der Waals surface area contributed by atoms with Gasteiger partial charge >= 0.3 is 0 Å². The molecule has 5 heteroatoms. The molecule has 4 nitrogen and oxygen atoms in total. The standard InChI is InChI=1S/C17H24FNO3/c1-22-9-8-17(6-2-3-7-17)16(21)19-11-13-4-5-15(18)14(10-13)12-20/h4-5,10,20H,2-3,6-9,11-12H2,1H3,(H,19,21). The van der Waals surface area contributed by atoms with Gasteiger partial charge in [-0.1, -0.05) is 18.9 Å². The van der Waals surface area contributed by atoms with Crippen molar-refractivity contribution < 1.29 is 19.0 Å². The summed E-state index contributed by atoms with van der Waals surface area (Å²) < 4.78 is 18.5. The summed E-state index contributed by atoms with van der Waals surface area (Å²) in [6.07, 6.45) is 4.67. The number of halogens is 1. The van der Waals surface area contributed by atoms with E-state index in [2.05, 4.69) is 5.32 Å². The highest BCUT2D eigenvalue weighted by Gasteiger charge is 2.40. The van der Waals surface area contributed by atoms with Crippen LogP contribution in [0.3, 0.4) is 0 Å². The maximum Gasteiger partial charge on any atom is 0.226 e. The molecule has 0 aliphatic heterocycles. The second-order valence-corrected chi connectivity index (χ2v) is 6.00. The summed E-state index contributed by atoms with van der Waals surface area (Å²) in [5.74, 6) is -0.373. The van der Waals surface area contributed by atoms with E-state index in [4.69, 9.17) is 9.84 Å². The van der Waals surface area contributed by atoms with Gasteiger partial charge in [0, 0.05) is 25.8 Å². The molecule has 0 radical (unpaired) electrons. The van der Waals surface area contributed by atoms with Crippen LogP contribution in [0.1, 0.15) is 43.2 Å². The maximum atomic E-state index is 13.4. The van der Waals surface area contributed by atoms with Crippen molar-refractivity contribution in [2.45, 2.75) is 45.3 Å². The van der Waals surface area contributed by atoms with Gasteiger partial charge in [0.2, 0.25) is 5.91 Å². The summed E-state index contributed by atoms with van der Waals surface area (Å²) in [4.78, 5) is 12.6. The molecule has 1 saturated carbocycles. The Bertz CT molecular complexity index is 513. The van der Waals surface area contributed by atoms with Crippen molar-refractivity contribution >= 4 is 5.91 Å². The van der Waals surface area contributed by atoms with E-state index in [0.29, 0.717) is 13.2 Å². The van der Waals surface area contributed by atoms with Gasteiger partial charge in [-0.05, 0) is 37.0 Å². The molecule has 1 aromatic rings. The number of aliphatic hydroxyl groups excluding tert-OH is 1. The molecule has 1 amide bonds. The first-order chi connectivity index (χ1) is 10.6. The van der Waals surface area contributed by atoms with E-state index < -0.39 is 5.82 Å². The van der Waals surface area contributed by atoms with Crippen LogP contribution in [0.15, 0.2) is 18.2 Å². The predicted molar refractivity (Wildman–Crippen MR) is 81.6 cm³/mol. The van der Waals surface area contributed by atoms with Crippen molar-refractivity contribution in [1.82, 2.24) is 5.32 Å². The van der Waals surface area contributed by atoms with Crippen molar-refractivity contribution in [2.75, 3.05) is 13.7 Å². The molecule has 0 aromatic heterocycles. The molecule has 0 heterocycles. The first-order valence-electron chi connectivity index (χ1n) is 7.77. The number of carbonyl (C=O) groups is 1. The Hall–Kier alpha value is -1.46. The molecule has 1 aliphatic carbocycles. The van der Waals surface area contributed by atoms with Crippen molar-refractivity contribution in [3.05, 3.63) is 35.1 Å². The first-order valence-corrected chi connectivity index (χ1v) is 7.77. The number of hydrogen-bond acceptors (Lipinski definition) is 3. The fourth-order valence-electron chi connectivity index (χ4n) is 3.17. The number of benzene rings is 1. The largest absolute Gasteiger partial charge is 0.392 e. The van der Waals surface area contributed by atoms with Crippen molar-refractivity contribution in [2.24, 2.45) is 5.41 Å². The van der Waals surface area contributed by atoms with E-state index in [1.165, 1.54) is 6.07 Å². The molecule has 0 unspecified atom stereocenters. The van der Waals surface area contributed by atoms with E-state index in [1.807, 2.05) is 0 Å². The van der Waals surface area contributed by atoms with Gasteiger partial charge in [-0.3, -0.25) is 4.79 Å². The summed E-state index contributed by atoms with van der Waals surface area (Å²) in [5, 5.41) is 12.1. The zero-order valence-corrected chi connectivity index (χ0v) is 13.0. The van der Waals surface area contributed by atoms with Crippen LogP contribution >= 0.6 is 0 Å². The lowest BCUT2D eigenvalue weighted by atomic mass is 9.82. The van der Waals surface area contributed by atoms with Crippen LogP contribution < -0.4 is 5.32 Å². The minimum Gasteiger partial charge on any atom is -0.392 e. The molecule has 1 aliphatic rings. The van der Waals surface area contributed by atoms with Crippen LogP contribution in [0.2, 0.25) is 0 Å². The molecule has 1 aromatic carbocycles. The monoisotopic (exact) mass is 309 g/mol. The molecule has 2 N–H and O–H groups in total. The average Bonchev–Trinajstić information content (AvgIpc) is 3.02. The molecule has 22 heavy (non-hydrogen) atoms. The zero-order chi connectivity index (χ0) is 16.0. The molecule has 0 saturated heterocycles. The highest BCUT2D eigenvalue weighted by molar-refractivity contribution is 5.82. The summed E-state index contributed by atoms with van der Waals surface area (Å²) in [5.41, 5.74) is 0.718. The van der Waals surface area contributed by atoms with E-state index in [9.17, 15) is 9.18 Å². The van der Waals surface area contributed by atoms with Crippen molar-refractivity contribution in [3.63, 3.8) is 0 Å². The number of nitrogens with one attached hydrogen (secondary N) is 1. The summed E-state index contributed by atoms with van der Waals surface area (Å²) in [6, 6.07) is 4.54. The lowest BCUT2D eigenvalue weighted by molar-refractivity contribution is -0.132. The van der Waals surface area contributed by atoms with Crippen LogP contribution in [0, 0.1) is 11.2 Å². The SMILES string of the molecule is COCCC1(C(=O)NCc2ccc(F)c(CO)c2)CCCC1. The molecular formula is C17H24FNO3. The Kier molecular flexibility index (Phi) is 5.91. The summed E-state index contributed by atoms with van der Waals surface area (Å²) in [6.45, 7) is 0.588. The van der Waals surface area contributed by atoms with Gasteiger partial charge in [0.15, 0.2) is 0 Å². The number of aliphatic hydroxyl groups is 1. The Morgan fingerprint density at radius 1 is 1.41 bits per heavy atom. The third-order valence-corrected chi connectivity index (χ3v) is 4.56. The maximum absolute atomic E-state index is 13.4. The van der Waals surface area contributed by atoms with Crippen LogP contribution in [-0.2, 0) is 22.7 Å². The van der Waals surface area contributed by atoms with Crippen LogP contribution in [0.5, 0.6) is 0 Å². The zero-order valence-electron chi connectivity index (χ0n) is 13.0. The number of hydrogen-bond donors (Lipinski definition) is 2. The highest BCUT2D eigenvalue weighted by atomic mass is 19.1. The number of carbonyl (C=O) groups excluding carboxylic acids is 1. The Morgan fingerprint density at radius 2 is 2.14 bits per heavy atom. The normalized spacial score (nSPS) is 16.7. The summed E-state index contributed by atoms with van der Waals surface area (Å²) >= 11 is 0. The van der Waals surface area contributed by atoms with E-state index >= 15 is 0 Å². The van der Waals surface area contributed by atoms with Gasteiger partial charge in [-0.25, -0.2) is 4.39 Å². The van der Waals surface area contributed by atoms with E-state index in [-0.39, 0.29) is 23.5 Å². The fraction of sp³-hybridized carbons (Fsp3) is 0.588. The highest BCUT2D eigenvalue weighted by Crippen LogP contribution is 2.41. The smallest absolute Gasteiger partial charge is 0.226 e. The predicted octanol–water partition coefficient (Wildman–Crippen LogP) is 2.53. The van der Waals surface area contributed by atoms with Gasteiger partial charge in [-0.2, -0.15) is 0 Å². The molecule has 0 bridgehead atoms. The average molecular weight is 309 g/mol. The Labute approximate surface area is 130 Å². The molecule has 1 fully saturated rings. The molecule has 0 spiro atoms. The fourth-order valence-corrected chi connectivity index (χ4v) is 3.17. The van der Waals surface area contributed by atoms with Crippen LogP contribution in [-0.4, -0.2) is 24.7 Å². The minimum absolute atomic E-state index is 0.0527. The van der Waals surface area contributed by atoms with Gasteiger partial charge in [0.1, 0.15) is 5.82 Å². The lowest BCUT2D eigenvalue weighted by Crippen LogP contribution is -2.39. The second-order valence-electron chi connectivity index (χ2n) is 6.00. The lowest BCUT2D eigenvalue weighted by Gasteiger charge is -2.27. The van der Waals surface area contributed by atoms with Gasteiger partial charge in [-0.15, -0.1) is 0 Å². The quantitative estimate of drug-likeness (QED) is 0.814. The van der Waals surface area contributed by atoms with Gasteiger partial charge < -0.3 is 15.2 Å². The third kappa shape index (κ3) is 3.84. The van der Waals surface area contributed by atoms with Crippen molar-refractivity contribution in [3.8, 4) is 0 Å². The first kappa shape index (κ1) is 16.9. The minimum atomic E-state index is -0.426. The number of amides is 1. The van der Waals surface area contributed by atoms with Crippen LogP contribution in [0.4, 0.5) is 4.39 Å². The van der Waals surface area contributed by atoms with E-state index in [1.54, 1.807) is 19.2 Å². The molecular weight excluding hydrogens is 285 g/mol. The third-order valence-electron chi connectivity index (χ3n) is 4.56.